The van der Waals surface area contributed by atoms with Crippen LogP contribution in [0.15, 0.2) is 12.1 Å². The lowest BCUT2D eigenvalue weighted by atomic mass is 9.89. The summed E-state index contributed by atoms with van der Waals surface area (Å²) in [5.41, 5.74) is 2.80. The summed E-state index contributed by atoms with van der Waals surface area (Å²) in [6.45, 7) is 8.17. The molecular weight excluding hydrogens is 244 g/mol. The van der Waals surface area contributed by atoms with Crippen LogP contribution in [0.4, 0.5) is 0 Å². The molecule has 0 aliphatic carbocycles. The lowest BCUT2D eigenvalue weighted by Crippen LogP contribution is -2.14. The van der Waals surface area contributed by atoms with Gasteiger partial charge in [-0.2, -0.15) is 0 Å². The molecule has 0 bridgehead atoms. The summed E-state index contributed by atoms with van der Waals surface area (Å²) in [4.78, 5) is 12.5. The van der Waals surface area contributed by atoms with Gasteiger partial charge in [0, 0.05) is 16.5 Å². The quantitative estimate of drug-likeness (QED) is 0.634. The second-order valence-electron chi connectivity index (χ2n) is 5.04. The van der Waals surface area contributed by atoms with Gasteiger partial charge in [-0.3, -0.25) is 4.79 Å². The average Bonchev–Trinajstić information content (AvgIpc) is 2.36. The smallest absolute Gasteiger partial charge is 0.165 e. The molecule has 0 aliphatic heterocycles. The van der Waals surface area contributed by atoms with Crippen molar-refractivity contribution < 1.29 is 4.79 Å². The van der Waals surface area contributed by atoms with Crippen molar-refractivity contribution in [3.8, 4) is 0 Å². The average molecular weight is 267 g/mol. The number of aryl methyl sites for hydroxylation is 2. The first kappa shape index (κ1) is 15.2. The molecule has 0 fully saturated rings. The number of unbranched alkanes of at least 4 members (excludes halogenated alkanes) is 1. The highest BCUT2D eigenvalue weighted by Crippen LogP contribution is 2.25. The Bertz CT molecular complexity index is 400. The van der Waals surface area contributed by atoms with Crippen molar-refractivity contribution in [2.75, 3.05) is 0 Å². The number of benzene rings is 1. The van der Waals surface area contributed by atoms with Gasteiger partial charge in [0.05, 0.1) is 0 Å². The van der Waals surface area contributed by atoms with Crippen LogP contribution in [0.5, 0.6) is 0 Å². The van der Waals surface area contributed by atoms with E-state index >= 15 is 0 Å². The SMILES string of the molecule is CCCCC(CC)C(=O)c1cc(C)c(Cl)c(C)c1. The zero-order chi connectivity index (χ0) is 13.7. The second-order valence-corrected chi connectivity index (χ2v) is 5.41. The lowest BCUT2D eigenvalue weighted by Gasteiger charge is -2.15. The minimum atomic E-state index is 0.157. The van der Waals surface area contributed by atoms with E-state index in [9.17, 15) is 4.79 Å². The van der Waals surface area contributed by atoms with Gasteiger partial charge < -0.3 is 0 Å². The van der Waals surface area contributed by atoms with E-state index in [-0.39, 0.29) is 11.7 Å². The molecule has 0 aliphatic rings. The van der Waals surface area contributed by atoms with Crippen LogP contribution in [-0.4, -0.2) is 5.78 Å². The first-order chi connectivity index (χ1) is 8.51. The maximum atomic E-state index is 12.5. The molecule has 1 nitrogen and oxygen atoms in total. The van der Waals surface area contributed by atoms with Crippen LogP contribution in [0, 0.1) is 19.8 Å². The molecule has 1 rings (SSSR count). The van der Waals surface area contributed by atoms with Crippen molar-refractivity contribution >= 4 is 17.4 Å². The van der Waals surface area contributed by atoms with Crippen LogP contribution in [-0.2, 0) is 0 Å². The first-order valence-corrected chi connectivity index (χ1v) is 7.20. The second kappa shape index (κ2) is 6.94. The van der Waals surface area contributed by atoms with Gasteiger partial charge in [-0.1, -0.05) is 38.3 Å². The van der Waals surface area contributed by atoms with E-state index in [4.69, 9.17) is 11.6 Å². The van der Waals surface area contributed by atoms with E-state index < -0.39 is 0 Å². The first-order valence-electron chi connectivity index (χ1n) is 6.82. The molecule has 1 unspecified atom stereocenters. The Balaban J connectivity index is 2.95. The van der Waals surface area contributed by atoms with Gasteiger partial charge in [-0.05, 0) is 49.9 Å². The minimum absolute atomic E-state index is 0.157. The van der Waals surface area contributed by atoms with E-state index in [1.807, 2.05) is 26.0 Å². The van der Waals surface area contributed by atoms with E-state index in [1.165, 1.54) is 0 Å². The molecule has 1 aromatic rings. The van der Waals surface area contributed by atoms with E-state index in [2.05, 4.69) is 13.8 Å². The van der Waals surface area contributed by atoms with Crippen molar-refractivity contribution in [2.24, 2.45) is 5.92 Å². The number of ketones is 1. The third-order valence-electron chi connectivity index (χ3n) is 3.49. The molecule has 0 heterocycles. The summed E-state index contributed by atoms with van der Waals surface area (Å²) < 4.78 is 0. The van der Waals surface area contributed by atoms with E-state index in [1.54, 1.807) is 0 Å². The number of Topliss-reactive ketones (excluding diaryl/α,β-unsaturated/α-hetero) is 1. The monoisotopic (exact) mass is 266 g/mol. The lowest BCUT2D eigenvalue weighted by molar-refractivity contribution is 0.0908. The molecule has 0 amide bonds. The Morgan fingerprint density at radius 2 is 1.78 bits per heavy atom. The Hall–Kier alpha value is -0.820. The standard InChI is InChI=1S/C16H23ClO/c1-5-7-8-13(6-2)16(18)14-9-11(3)15(17)12(4)10-14/h9-10,13H,5-8H2,1-4H3. The Kier molecular flexibility index (Phi) is 5.87. The molecule has 0 radical (unpaired) electrons. The zero-order valence-electron chi connectivity index (χ0n) is 11.8. The van der Waals surface area contributed by atoms with Crippen LogP contribution in [0.25, 0.3) is 0 Å². The maximum absolute atomic E-state index is 12.5. The van der Waals surface area contributed by atoms with Crippen LogP contribution in [0.3, 0.4) is 0 Å². The van der Waals surface area contributed by atoms with E-state index in [0.29, 0.717) is 0 Å². The van der Waals surface area contributed by atoms with Crippen LogP contribution >= 0.6 is 11.6 Å². The predicted octanol–water partition coefficient (Wildman–Crippen LogP) is 5.36. The predicted molar refractivity (Wildman–Crippen MR) is 78.6 cm³/mol. The van der Waals surface area contributed by atoms with Gasteiger partial charge >= 0.3 is 0 Å². The molecule has 2 heteroatoms. The fraction of sp³-hybridized carbons (Fsp3) is 0.562. The van der Waals surface area contributed by atoms with Crippen LogP contribution in [0.2, 0.25) is 5.02 Å². The van der Waals surface area contributed by atoms with Gasteiger partial charge in [-0.25, -0.2) is 0 Å². The Morgan fingerprint density at radius 1 is 1.22 bits per heavy atom. The highest BCUT2D eigenvalue weighted by Gasteiger charge is 2.18. The summed E-state index contributed by atoms with van der Waals surface area (Å²) in [6.07, 6.45) is 4.17. The van der Waals surface area contributed by atoms with Crippen molar-refractivity contribution in [1.29, 1.82) is 0 Å². The third-order valence-corrected chi connectivity index (χ3v) is 4.09. The highest BCUT2D eigenvalue weighted by molar-refractivity contribution is 6.32. The van der Waals surface area contributed by atoms with Crippen LogP contribution < -0.4 is 0 Å². The Morgan fingerprint density at radius 3 is 2.22 bits per heavy atom. The van der Waals surface area contributed by atoms with Gasteiger partial charge in [-0.15, -0.1) is 0 Å². The largest absolute Gasteiger partial charge is 0.294 e. The minimum Gasteiger partial charge on any atom is -0.294 e. The van der Waals surface area contributed by atoms with Crippen LogP contribution in [0.1, 0.15) is 61.0 Å². The maximum Gasteiger partial charge on any atom is 0.165 e. The number of rotatable bonds is 6. The van der Waals surface area contributed by atoms with Gasteiger partial charge in [0.2, 0.25) is 0 Å². The molecule has 0 saturated carbocycles. The number of halogens is 1. The molecular formula is C16H23ClO. The highest BCUT2D eigenvalue weighted by atomic mass is 35.5. The van der Waals surface area contributed by atoms with Gasteiger partial charge in [0.1, 0.15) is 0 Å². The topological polar surface area (TPSA) is 17.1 Å². The fourth-order valence-corrected chi connectivity index (χ4v) is 2.40. The molecule has 18 heavy (non-hydrogen) atoms. The van der Waals surface area contributed by atoms with Crippen molar-refractivity contribution in [3.63, 3.8) is 0 Å². The number of hydrogen-bond acceptors (Lipinski definition) is 1. The number of hydrogen-bond donors (Lipinski definition) is 0. The van der Waals surface area contributed by atoms with E-state index in [0.717, 1.165) is 47.4 Å². The van der Waals surface area contributed by atoms with Crippen molar-refractivity contribution in [1.82, 2.24) is 0 Å². The molecule has 0 saturated heterocycles. The molecule has 1 atom stereocenters. The number of carbonyl (C=O) groups excluding carboxylic acids is 1. The summed E-state index contributed by atoms with van der Waals surface area (Å²) in [6, 6.07) is 3.85. The molecule has 0 N–H and O–H groups in total. The summed E-state index contributed by atoms with van der Waals surface area (Å²) >= 11 is 6.14. The van der Waals surface area contributed by atoms with Crippen molar-refractivity contribution in [2.45, 2.75) is 53.4 Å². The molecule has 1 aromatic carbocycles. The zero-order valence-corrected chi connectivity index (χ0v) is 12.6. The van der Waals surface area contributed by atoms with Gasteiger partial charge in [0.15, 0.2) is 5.78 Å². The molecule has 0 spiro atoms. The molecule has 100 valence electrons. The summed E-state index contributed by atoms with van der Waals surface area (Å²) in [5, 5.41) is 0.771. The third kappa shape index (κ3) is 3.58. The summed E-state index contributed by atoms with van der Waals surface area (Å²) in [7, 11) is 0. The Labute approximate surface area is 116 Å². The van der Waals surface area contributed by atoms with Gasteiger partial charge in [0.25, 0.3) is 0 Å². The molecule has 0 aromatic heterocycles. The summed E-state index contributed by atoms with van der Waals surface area (Å²) in [5.74, 6) is 0.429. The van der Waals surface area contributed by atoms with Crippen molar-refractivity contribution in [3.05, 3.63) is 33.8 Å². The number of carbonyl (C=O) groups is 1. The normalized spacial score (nSPS) is 12.5. The fourth-order valence-electron chi connectivity index (χ4n) is 2.29.